The summed E-state index contributed by atoms with van der Waals surface area (Å²) in [6, 6.07) is 10.9. The quantitative estimate of drug-likeness (QED) is 0.358. The van der Waals surface area contributed by atoms with E-state index in [1.807, 2.05) is 24.3 Å². The van der Waals surface area contributed by atoms with Crippen LogP contribution in [0.5, 0.6) is 5.75 Å². The highest BCUT2D eigenvalue weighted by molar-refractivity contribution is 14.1. The van der Waals surface area contributed by atoms with Gasteiger partial charge >= 0.3 is 5.97 Å². The van der Waals surface area contributed by atoms with E-state index in [9.17, 15) is 9.59 Å². The standard InChI is InChI=1S/C19H17IN2O5S/c1-2-25-17(23)9-13-11-28-19(21-13)22-18(24)16-8-7-15(27-16)10-26-14-5-3-12(20)4-6-14/h3-8,11H,2,9-10H2,1H3,(H,21,22,24). The van der Waals surface area contributed by atoms with E-state index in [0.717, 1.165) is 9.32 Å². The zero-order chi connectivity index (χ0) is 19.9. The number of anilines is 1. The largest absolute Gasteiger partial charge is 0.486 e. The number of amides is 1. The normalized spacial score (nSPS) is 10.5. The van der Waals surface area contributed by atoms with Gasteiger partial charge in [0.2, 0.25) is 0 Å². The molecule has 3 rings (SSSR count). The van der Waals surface area contributed by atoms with Crippen molar-refractivity contribution < 1.29 is 23.5 Å². The molecule has 0 unspecified atom stereocenters. The summed E-state index contributed by atoms with van der Waals surface area (Å²) in [5, 5.41) is 4.75. The molecule has 3 aromatic rings. The van der Waals surface area contributed by atoms with Crippen molar-refractivity contribution in [3.8, 4) is 5.75 Å². The minimum atomic E-state index is -0.419. The number of hydrogen-bond donors (Lipinski definition) is 1. The van der Waals surface area contributed by atoms with Crippen molar-refractivity contribution in [3.05, 3.63) is 62.6 Å². The summed E-state index contributed by atoms with van der Waals surface area (Å²) in [7, 11) is 0. The monoisotopic (exact) mass is 512 g/mol. The molecule has 0 bridgehead atoms. The van der Waals surface area contributed by atoms with Gasteiger partial charge in [-0.05, 0) is 65.9 Å². The number of benzene rings is 1. The lowest BCUT2D eigenvalue weighted by Crippen LogP contribution is -2.11. The highest BCUT2D eigenvalue weighted by Crippen LogP contribution is 2.19. The topological polar surface area (TPSA) is 90.7 Å². The van der Waals surface area contributed by atoms with Crippen molar-refractivity contribution >= 4 is 50.9 Å². The van der Waals surface area contributed by atoms with Crippen molar-refractivity contribution in [3.63, 3.8) is 0 Å². The maximum absolute atomic E-state index is 12.3. The molecule has 0 aliphatic heterocycles. The number of aromatic nitrogens is 1. The van der Waals surface area contributed by atoms with Gasteiger partial charge in [-0.2, -0.15) is 0 Å². The third-order valence-electron chi connectivity index (χ3n) is 3.48. The average molecular weight is 512 g/mol. The molecule has 1 amide bonds. The van der Waals surface area contributed by atoms with Crippen LogP contribution in [0.25, 0.3) is 0 Å². The molecular weight excluding hydrogens is 495 g/mol. The molecule has 9 heteroatoms. The molecule has 0 saturated heterocycles. The Morgan fingerprint density at radius 2 is 2.00 bits per heavy atom. The number of thiazole rings is 1. The zero-order valence-electron chi connectivity index (χ0n) is 14.9. The van der Waals surface area contributed by atoms with E-state index in [1.165, 1.54) is 11.3 Å². The van der Waals surface area contributed by atoms with E-state index in [4.69, 9.17) is 13.9 Å². The molecular formula is C19H17IN2O5S. The third kappa shape index (κ3) is 5.80. The number of rotatable bonds is 8. The summed E-state index contributed by atoms with van der Waals surface area (Å²) < 4.78 is 17.2. The van der Waals surface area contributed by atoms with Crippen LogP contribution in [0.2, 0.25) is 0 Å². The molecule has 0 saturated carbocycles. The first-order chi connectivity index (χ1) is 13.5. The molecule has 0 aliphatic rings. The van der Waals surface area contributed by atoms with Gasteiger partial charge in [-0.1, -0.05) is 0 Å². The van der Waals surface area contributed by atoms with Crippen LogP contribution >= 0.6 is 33.9 Å². The molecule has 28 heavy (non-hydrogen) atoms. The summed E-state index contributed by atoms with van der Waals surface area (Å²) in [6.45, 7) is 2.28. The lowest BCUT2D eigenvalue weighted by atomic mass is 10.3. The third-order valence-corrected chi connectivity index (χ3v) is 5.01. The summed E-state index contributed by atoms with van der Waals surface area (Å²) in [4.78, 5) is 28.0. The van der Waals surface area contributed by atoms with Crippen molar-refractivity contribution in [2.24, 2.45) is 0 Å². The van der Waals surface area contributed by atoms with Gasteiger partial charge in [-0.15, -0.1) is 11.3 Å². The highest BCUT2D eigenvalue weighted by atomic mass is 127. The molecule has 7 nitrogen and oxygen atoms in total. The van der Waals surface area contributed by atoms with E-state index in [1.54, 1.807) is 24.4 Å². The Balaban J connectivity index is 1.53. The molecule has 1 N–H and O–H groups in total. The molecule has 0 radical (unpaired) electrons. The Bertz CT molecular complexity index is 951. The number of hydrogen-bond acceptors (Lipinski definition) is 7. The Morgan fingerprint density at radius 3 is 2.75 bits per heavy atom. The minimum Gasteiger partial charge on any atom is -0.486 e. The second-order valence-corrected chi connectivity index (χ2v) is 7.69. The van der Waals surface area contributed by atoms with Crippen LogP contribution in [0, 0.1) is 3.57 Å². The molecule has 0 atom stereocenters. The maximum Gasteiger partial charge on any atom is 0.311 e. The van der Waals surface area contributed by atoms with Crippen LogP contribution in [0.15, 0.2) is 46.2 Å². The molecule has 146 valence electrons. The van der Waals surface area contributed by atoms with E-state index < -0.39 is 5.91 Å². The maximum atomic E-state index is 12.3. The molecule has 2 heterocycles. The van der Waals surface area contributed by atoms with Gasteiger partial charge in [-0.3, -0.25) is 14.9 Å². The van der Waals surface area contributed by atoms with Gasteiger partial charge < -0.3 is 13.9 Å². The first kappa shape index (κ1) is 20.3. The fourth-order valence-corrected chi connectivity index (χ4v) is 3.29. The predicted octanol–water partition coefficient (Wildman–Crippen LogP) is 4.28. The van der Waals surface area contributed by atoms with E-state index in [-0.39, 0.29) is 24.8 Å². The van der Waals surface area contributed by atoms with Crippen LogP contribution in [-0.4, -0.2) is 23.5 Å². The van der Waals surface area contributed by atoms with Crippen molar-refractivity contribution in [2.45, 2.75) is 20.0 Å². The SMILES string of the molecule is CCOC(=O)Cc1csc(NC(=O)c2ccc(COc3ccc(I)cc3)o2)n1. The average Bonchev–Trinajstić information content (AvgIpc) is 3.31. The van der Waals surface area contributed by atoms with Crippen LogP contribution in [-0.2, 0) is 22.6 Å². The Labute approximate surface area is 179 Å². The van der Waals surface area contributed by atoms with Crippen molar-refractivity contribution in [1.82, 2.24) is 4.98 Å². The van der Waals surface area contributed by atoms with Gasteiger partial charge in [0.25, 0.3) is 5.91 Å². The molecule has 0 fully saturated rings. The van der Waals surface area contributed by atoms with Crippen molar-refractivity contribution in [2.75, 3.05) is 11.9 Å². The number of halogens is 1. The minimum absolute atomic E-state index is 0.0704. The van der Waals surface area contributed by atoms with Crippen LogP contribution < -0.4 is 10.1 Å². The molecule has 1 aromatic carbocycles. The zero-order valence-corrected chi connectivity index (χ0v) is 17.9. The fraction of sp³-hybridized carbons (Fsp3) is 0.211. The summed E-state index contributed by atoms with van der Waals surface area (Å²) >= 11 is 3.45. The number of carbonyl (C=O) groups is 2. The summed E-state index contributed by atoms with van der Waals surface area (Å²) in [5.74, 6) is 0.640. The van der Waals surface area contributed by atoms with Crippen LogP contribution in [0.3, 0.4) is 0 Å². The molecule has 2 aromatic heterocycles. The number of furan rings is 1. The first-order valence-corrected chi connectivity index (χ1v) is 10.4. The number of ether oxygens (including phenoxy) is 2. The lowest BCUT2D eigenvalue weighted by Gasteiger charge is -2.04. The number of carbonyl (C=O) groups excluding carboxylic acids is 2. The molecule has 0 spiro atoms. The van der Waals surface area contributed by atoms with E-state index in [0.29, 0.717) is 23.2 Å². The first-order valence-electron chi connectivity index (χ1n) is 8.42. The fourth-order valence-electron chi connectivity index (χ4n) is 2.23. The van der Waals surface area contributed by atoms with Gasteiger partial charge in [-0.25, -0.2) is 4.98 Å². The number of esters is 1. The van der Waals surface area contributed by atoms with Gasteiger partial charge in [0.1, 0.15) is 18.1 Å². The van der Waals surface area contributed by atoms with E-state index in [2.05, 4.69) is 32.9 Å². The highest BCUT2D eigenvalue weighted by Gasteiger charge is 2.15. The van der Waals surface area contributed by atoms with Crippen molar-refractivity contribution in [1.29, 1.82) is 0 Å². The van der Waals surface area contributed by atoms with Gasteiger partial charge in [0, 0.05) is 8.95 Å². The van der Waals surface area contributed by atoms with E-state index >= 15 is 0 Å². The summed E-state index contributed by atoms with van der Waals surface area (Å²) in [5.41, 5.74) is 0.546. The lowest BCUT2D eigenvalue weighted by molar-refractivity contribution is -0.142. The van der Waals surface area contributed by atoms with Crippen LogP contribution in [0.1, 0.15) is 28.9 Å². The van der Waals surface area contributed by atoms with Crippen LogP contribution in [0.4, 0.5) is 5.13 Å². The smallest absolute Gasteiger partial charge is 0.311 e. The Kier molecular flexibility index (Phi) is 7.04. The summed E-state index contributed by atoms with van der Waals surface area (Å²) in [6.07, 6.45) is 0.0704. The molecule has 0 aliphatic carbocycles. The van der Waals surface area contributed by atoms with Gasteiger partial charge in [0.15, 0.2) is 10.9 Å². The second kappa shape index (κ2) is 9.69. The predicted molar refractivity (Wildman–Crippen MR) is 113 cm³/mol. The Morgan fingerprint density at radius 1 is 1.21 bits per heavy atom. The Hall–Kier alpha value is -2.40. The van der Waals surface area contributed by atoms with Gasteiger partial charge in [0.05, 0.1) is 18.7 Å². The number of nitrogens with one attached hydrogen (secondary N) is 1. The number of nitrogens with zero attached hydrogens (tertiary/aromatic N) is 1. The second-order valence-electron chi connectivity index (χ2n) is 5.59.